The SMILES string of the molecule is Cn1c(=O)c(C(=O)N2CCN(c3ccccc3F)CC2)nc2ccccc21. The van der Waals surface area contributed by atoms with Gasteiger partial charge in [-0.05, 0) is 24.3 Å². The molecule has 0 aliphatic carbocycles. The van der Waals surface area contributed by atoms with Crippen molar-refractivity contribution in [2.75, 3.05) is 31.1 Å². The van der Waals surface area contributed by atoms with Gasteiger partial charge in [0.15, 0.2) is 5.69 Å². The van der Waals surface area contributed by atoms with Gasteiger partial charge >= 0.3 is 0 Å². The molecule has 7 heteroatoms. The maximum Gasteiger partial charge on any atom is 0.282 e. The Bertz CT molecular complexity index is 1070. The first kappa shape index (κ1) is 17.2. The van der Waals surface area contributed by atoms with E-state index in [-0.39, 0.29) is 17.4 Å². The molecule has 2 aromatic carbocycles. The second-order valence-electron chi connectivity index (χ2n) is 6.54. The Morgan fingerprint density at radius 2 is 1.67 bits per heavy atom. The molecule has 2 heterocycles. The molecule has 1 amide bonds. The number of amides is 1. The summed E-state index contributed by atoms with van der Waals surface area (Å²) in [5.41, 5.74) is 1.34. The molecule has 1 aliphatic heterocycles. The Kier molecular flexibility index (Phi) is 4.35. The summed E-state index contributed by atoms with van der Waals surface area (Å²) in [6.07, 6.45) is 0. The van der Waals surface area contributed by atoms with Gasteiger partial charge in [0.05, 0.1) is 16.7 Å². The smallest absolute Gasteiger partial charge is 0.282 e. The number of anilines is 1. The average molecular weight is 366 g/mol. The van der Waals surface area contributed by atoms with Crippen LogP contribution in [0.2, 0.25) is 0 Å². The zero-order valence-electron chi connectivity index (χ0n) is 14.9. The lowest BCUT2D eigenvalue weighted by Gasteiger charge is -2.36. The lowest BCUT2D eigenvalue weighted by Crippen LogP contribution is -2.50. The summed E-state index contributed by atoms with van der Waals surface area (Å²) in [6, 6.07) is 13.8. The van der Waals surface area contributed by atoms with Crippen molar-refractivity contribution in [3.8, 4) is 0 Å². The molecule has 4 rings (SSSR count). The van der Waals surface area contributed by atoms with Crippen LogP contribution in [0.4, 0.5) is 10.1 Å². The number of hydrogen-bond donors (Lipinski definition) is 0. The Morgan fingerprint density at radius 3 is 2.41 bits per heavy atom. The van der Waals surface area contributed by atoms with Gasteiger partial charge in [-0.2, -0.15) is 0 Å². The average Bonchev–Trinajstić information content (AvgIpc) is 2.71. The summed E-state index contributed by atoms with van der Waals surface area (Å²) < 4.78 is 15.4. The van der Waals surface area contributed by atoms with Gasteiger partial charge in [0.2, 0.25) is 0 Å². The number of benzene rings is 2. The Morgan fingerprint density at radius 1 is 1.00 bits per heavy atom. The molecule has 0 N–H and O–H groups in total. The quantitative estimate of drug-likeness (QED) is 0.696. The van der Waals surface area contributed by atoms with Crippen molar-refractivity contribution >= 4 is 22.6 Å². The molecule has 0 unspecified atom stereocenters. The summed E-state index contributed by atoms with van der Waals surface area (Å²) in [5, 5.41) is 0. The van der Waals surface area contributed by atoms with Gasteiger partial charge in [-0.1, -0.05) is 24.3 Å². The Balaban J connectivity index is 1.57. The molecule has 138 valence electrons. The minimum absolute atomic E-state index is 0.0736. The van der Waals surface area contributed by atoms with E-state index in [0.29, 0.717) is 42.9 Å². The zero-order valence-corrected chi connectivity index (χ0v) is 14.9. The topological polar surface area (TPSA) is 58.4 Å². The second-order valence-corrected chi connectivity index (χ2v) is 6.54. The maximum atomic E-state index is 14.0. The molecule has 1 fully saturated rings. The first-order valence-electron chi connectivity index (χ1n) is 8.81. The van der Waals surface area contributed by atoms with Gasteiger partial charge in [-0.3, -0.25) is 9.59 Å². The highest BCUT2D eigenvalue weighted by Crippen LogP contribution is 2.20. The van der Waals surface area contributed by atoms with E-state index in [2.05, 4.69) is 4.98 Å². The number of fused-ring (bicyclic) bond motifs is 1. The van der Waals surface area contributed by atoms with E-state index in [4.69, 9.17) is 0 Å². The van der Waals surface area contributed by atoms with Crippen LogP contribution < -0.4 is 10.5 Å². The van der Waals surface area contributed by atoms with E-state index >= 15 is 0 Å². The summed E-state index contributed by atoms with van der Waals surface area (Å²) in [4.78, 5) is 33.3. The number of rotatable bonds is 2. The largest absolute Gasteiger partial charge is 0.366 e. The molecular weight excluding hydrogens is 347 g/mol. The van der Waals surface area contributed by atoms with Crippen LogP contribution in [0.1, 0.15) is 10.5 Å². The van der Waals surface area contributed by atoms with Crippen LogP contribution in [0, 0.1) is 5.82 Å². The molecule has 1 aliphatic rings. The second kappa shape index (κ2) is 6.83. The Hall–Kier alpha value is -3.22. The molecule has 0 spiro atoms. The third-order valence-electron chi connectivity index (χ3n) is 4.95. The number of aryl methyl sites for hydroxylation is 1. The number of halogens is 1. The highest BCUT2D eigenvalue weighted by Gasteiger charge is 2.26. The normalized spacial score (nSPS) is 14.6. The minimum Gasteiger partial charge on any atom is -0.366 e. The highest BCUT2D eigenvalue weighted by molar-refractivity contribution is 5.94. The minimum atomic E-state index is -0.407. The van der Waals surface area contributed by atoms with Gasteiger partial charge in [0, 0.05) is 33.2 Å². The maximum absolute atomic E-state index is 14.0. The fourth-order valence-corrected chi connectivity index (χ4v) is 3.43. The van der Waals surface area contributed by atoms with Crippen molar-refractivity contribution in [1.82, 2.24) is 14.5 Å². The van der Waals surface area contributed by atoms with E-state index in [1.54, 1.807) is 42.3 Å². The van der Waals surface area contributed by atoms with Crippen molar-refractivity contribution in [3.63, 3.8) is 0 Å². The van der Waals surface area contributed by atoms with Crippen molar-refractivity contribution in [2.45, 2.75) is 0 Å². The molecule has 1 saturated heterocycles. The van der Waals surface area contributed by atoms with Gasteiger partial charge in [0.25, 0.3) is 11.5 Å². The van der Waals surface area contributed by atoms with E-state index in [1.165, 1.54) is 10.6 Å². The van der Waals surface area contributed by atoms with E-state index < -0.39 is 5.56 Å². The fourth-order valence-electron chi connectivity index (χ4n) is 3.43. The van der Waals surface area contributed by atoms with Gasteiger partial charge in [-0.25, -0.2) is 9.37 Å². The molecule has 0 saturated carbocycles. The van der Waals surface area contributed by atoms with E-state index in [0.717, 1.165) is 0 Å². The third-order valence-corrected chi connectivity index (χ3v) is 4.95. The van der Waals surface area contributed by atoms with Crippen molar-refractivity contribution in [1.29, 1.82) is 0 Å². The first-order valence-corrected chi connectivity index (χ1v) is 8.81. The number of aromatic nitrogens is 2. The van der Waals surface area contributed by atoms with Crippen LogP contribution in [-0.4, -0.2) is 46.5 Å². The Labute approximate surface area is 155 Å². The van der Waals surface area contributed by atoms with Crippen molar-refractivity contribution in [2.24, 2.45) is 7.05 Å². The number of para-hydroxylation sites is 3. The third kappa shape index (κ3) is 3.05. The van der Waals surface area contributed by atoms with Crippen LogP contribution in [0.5, 0.6) is 0 Å². The van der Waals surface area contributed by atoms with Crippen LogP contribution >= 0.6 is 0 Å². The lowest BCUT2D eigenvalue weighted by molar-refractivity contribution is 0.0738. The van der Waals surface area contributed by atoms with Crippen LogP contribution in [-0.2, 0) is 7.05 Å². The lowest BCUT2D eigenvalue weighted by atomic mass is 10.2. The monoisotopic (exact) mass is 366 g/mol. The summed E-state index contributed by atoms with van der Waals surface area (Å²) in [7, 11) is 1.64. The number of piperazine rings is 1. The molecule has 6 nitrogen and oxygen atoms in total. The molecule has 27 heavy (non-hydrogen) atoms. The molecule has 3 aromatic rings. The summed E-state index contributed by atoms with van der Waals surface area (Å²) in [6.45, 7) is 1.82. The summed E-state index contributed by atoms with van der Waals surface area (Å²) in [5.74, 6) is -0.656. The molecular formula is C20H19FN4O2. The van der Waals surface area contributed by atoms with Gasteiger partial charge < -0.3 is 14.4 Å². The fraction of sp³-hybridized carbons (Fsp3) is 0.250. The number of carbonyl (C=O) groups excluding carboxylic acids is 1. The number of nitrogens with zero attached hydrogens (tertiary/aromatic N) is 4. The molecule has 0 bridgehead atoms. The first-order chi connectivity index (χ1) is 13.1. The van der Waals surface area contributed by atoms with Crippen LogP contribution in [0.15, 0.2) is 53.3 Å². The van der Waals surface area contributed by atoms with Crippen LogP contribution in [0.3, 0.4) is 0 Å². The van der Waals surface area contributed by atoms with Crippen LogP contribution in [0.25, 0.3) is 11.0 Å². The predicted octanol–water partition coefficient (Wildman–Crippen LogP) is 2.03. The number of hydrogen-bond acceptors (Lipinski definition) is 4. The van der Waals surface area contributed by atoms with Gasteiger partial charge in [0.1, 0.15) is 5.82 Å². The predicted molar refractivity (Wildman–Crippen MR) is 102 cm³/mol. The van der Waals surface area contributed by atoms with E-state index in [9.17, 15) is 14.0 Å². The standard InChI is InChI=1S/C20H19FN4O2/c1-23-17-9-5-3-7-15(17)22-18(19(23)26)20(27)25-12-10-24(11-13-25)16-8-4-2-6-14(16)21/h2-9H,10-13H2,1H3. The highest BCUT2D eigenvalue weighted by atomic mass is 19.1. The molecule has 0 atom stereocenters. The van der Waals surface area contributed by atoms with Gasteiger partial charge in [-0.15, -0.1) is 0 Å². The molecule has 0 radical (unpaired) electrons. The zero-order chi connectivity index (χ0) is 19.0. The van der Waals surface area contributed by atoms with Crippen molar-refractivity contribution < 1.29 is 9.18 Å². The van der Waals surface area contributed by atoms with Crippen molar-refractivity contribution in [3.05, 3.63) is 70.4 Å². The summed E-state index contributed by atoms with van der Waals surface area (Å²) >= 11 is 0. The number of carbonyl (C=O) groups is 1. The molecule has 1 aromatic heterocycles. The van der Waals surface area contributed by atoms with E-state index in [1.807, 2.05) is 17.0 Å².